The van der Waals surface area contributed by atoms with Gasteiger partial charge in [0.1, 0.15) is 16.3 Å². The second-order valence-electron chi connectivity index (χ2n) is 7.40. The number of hydrogen-bond donors (Lipinski definition) is 0. The van der Waals surface area contributed by atoms with Gasteiger partial charge >= 0.3 is 0 Å². The molecule has 0 unspecified atom stereocenters. The van der Waals surface area contributed by atoms with E-state index in [-0.39, 0.29) is 28.4 Å². The molecule has 8 nitrogen and oxygen atoms in total. The second kappa shape index (κ2) is 8.16. The van der Waals surface area contributed by atoms with Crippen LogP contribution in [0.1, 0.15) is 52.1 Å². The van der Waals surface area contributed by atoms with Gasteiger partial charge in [-0.2, -0.15) is 4.31 Å². The Morgan fingerprint density at radius 1 is 1.03 bits per heavy atom. The quantitative estimate of drug-likeness (QED) is 0.678. The topological polar surface area (TPSA) is 96.9 Å². The largest absolute Gasteiger partial charge is 0.495 e. The van der Waals surface area contributed by atoms with Crippen molar-refractivity contribution in [2.45, 2.75) is 37.1 Å². The van der Waals surface area contributed by atoms with Crippen LogP contribution in [0, 0.1) is 0 Å². The highest BCUT2D eigenvalue weighted by Gasteiger charge is 2.37. The van der Waals surface area contributed by atoms with Crippen LogP contribution in [0.4, 0.5) is 0 Å². The lowest BCUT2D eigenvalue weighted by Crippen LogP contribution is -2.32. The van der Waals surface area contributed by atoms with Crippen LogP contribution < -0.4 is 4.74 Å². The predicted octanol–water partition coefficient (Wildman–Crippen LogP) is 2.45. The Morgan fingerprint density at radius 2 is 1.77 bits per heavy atom. The van der Waals surface area contributed by atoms with Crippen LogP contribution in [0.2, 0.25) is 0 Å². The number of amides is 2. The summed E-state index contributed by atoms with van der Waals surface area (Å²) >= 11 is 0. The first-order valence-electron chi connectivity index (χ1n) is 9.92. The lowest BCUT2D eigenvalue weighted by atomic mass is 10.2. The zero-order chi connectivity index (χ0) is 21.3. The van der Waals surface area contributed by atoms with Gasteiger partial charge in [-0.3, -0.25) is 19.5 Å². The molecule has 0 aliphatic carbocycles. The van der Waals surface area contributed by atoms with Crippen molar-refractivity contribution in [2.24, 2.45) is 0 Å². The SMILES string of the molecule is COc1ccc(CN2C(=O)c3cccnc3C2=O)cc1S(=O)(=O)N1CCCCCC1. The number of rotatable bonds is 5. The molecule has 2 aliphatic rings. The van der Waals surface area contributed by atoms with Crippen molar-refractivity contribution < 1.29 is 22.7 Å². The number of methoxy groups -OCH3 is 1. The minimum atomic E-state index is -3.76. The number of fused-ring (bicyclic) bond motifs is 1. The summed E-state index contributed by atoms with van der Waals surface area (Å²) in [5, 5.41) is 0. The highest BCUT2D eigenvalue weighted by Crippen LogP contribution is 2.31. The lowest BCUT2D eigenvalue weighted by molar-refractivity contribution is 0.0640. The van der Waals surface area contributed by atoms with Crippen molar-refractivity contribution >= 4 is 21.8 Å². The summed E-state index contributed by atoms with van der Waals surface area (Å²) in [6.07, 6.45) is 5.13. The van der Waals surface area contributed by atoms with Crippen LogP contribution in [0.15, 0.2) is 41.4 Å². The Hall–Kier alpha value is -2.78. The third kappa shape index (κ3) is 3.59. The molecule has 1 aromatic heterocycles. The fourth-order valence-corrected chi connectivity index (χ4v) is 5.61. The summed E-state index contributed by atoms with van der Waals surface area (Å²) in [4.78, 5) is 30.4. The highest BCUT2D eigenvalue weighted by atomic mass is 32.2. The van der Waals surface area contributed by atoms with Gasteiger partial charge in [0, 0.05) is 19.3 Å². The number of pyridine rings is 1. The van der Waals surface area contributed by atoms with E-state index in [1.807, 2.05) is 0 Å². The Bertz CT molecular complexity index is 1060. The van der Waals surface area contributed by atoms with Gasteiger partial charge < -0.3 is 4.74 Å². The number of sulfonamides is 1. The van der Waals surface area contributed by atoms with Gasteiger partial charge in [0.2, 0.25) is 10.0 Å². The summed E-state index contributed by atoms with van der Waals surface area (Å²) in [6, 6.07) is 7.89. The standard InChI is InChI=1S/C21H23N3O5S/c1-29-17-9-8-15(13-18(17)30(27,28)23-11-4-2-3-5-12-23)14-24-20(25)16-7-6-10-22-19(16)21(24)26/h6-10,13H,2-5,11-12,14H2,1H3. The lowest BCUT2D eigenvalue weighted by Gasteiger charge is -2.22. The fourth-order valence-electron chi connectivity index (χ4n) is 3.88. The maximum absolute atomic E-state index is 13.3. The van der Waals surface area contributed by atoms with Gasteiger partial charge in [0.05, 0.1) is 19.2 Å². The number of hydrogen-bond acceptors (Lipinski definition) is 6. The van der Waals surface area contributed by atoms with Gasteiger partial charge in [-0.15, -0.1) is 0 Å². The van der Waals surface area contributed by atoms with E-state index in [9.17, 15) is 18.0 Å². The molecule has 158 valence electrons. The van der Waals surface area contributed by atoms with Crippen molar-refractivity contribution in [3.63, 3.8) is 0 Å². The Kier molecular flexibility index (Phi) is 5.57. The molecule has 0 N–H and O–H groups in total. The van der Waals surface area contributed by atoms with Gasteiger partial charge in [-0.25, -0.2) is 8.42 Å². The average molecular weight is 429 g/mol. The van der Waals surface area contributed by atoms with Crippen LogP contribution in [0.3, 0.4) is 0 Å². The van der Waals surface area contributed by atoms with E-state index in [4.69, 9.17) is 4.74 Å². The number of carbonyl (C=O) groups excluding carboxylic acids is 2. The second-order valence-corrected chi connectivity index (χ2v) is 9.31. The number of ether oxygens (including phenoxy) is 1. The summed E-state index contributed by atoms with van der Waals surface area (Å²) in [5.41, 5.74) is 0.903. The molecule has 1 saturated heterocycles. The summed E-state index contributed by atoms with van der Waals surface area (Å²) < 4.78 is 33.4. The van der Waals surface area contributed by atoms with Gasteiger partial charge in [0.25, 0.3) is 11.8 Å². The van der Waals surface area contributed by atoms with E-state index in [2.05, 4.69) is 4.98 Å². The van der Waals surface area contributed by atoms with E-state index < -0.39 is 21.8 Å². The third-order valence-corrected chi connectivity index (χ3v) is 7.40. The zero-order valence-corrected chi connectivity index (χ0v) is 17.5. The van der Waals surface area contributed by atoms with Crippen molar-refractivity contribution in [1.29, 1.82) is 0 Å². The molecule has 0 saturated carbocycles. The van der Waals surface area contributed by atoms with E-state index >= 15 is 0 Å². The maximum Gasteiger partial charge on any atom is 0.280 e. The highest BCUT2D eigenvalue weighted by molar-refractivity contribution is 7.89. The first-order valence-corrected chi connectivity index (χ1v) is 11.4. The number of imide groups is 1. The molecule has 1 fully saturated rings. The molecule has 4 rings (SSSR count). The molecule has 2 aliphatic heterocycles. The van der Waals surface area contributed by atoms with Gasteiger partial charge in [0.15, 0.2) is 0 Å². The number of benzene rings is 1. The molecular formula is C21H23N3O5S. The minimum Gasteiger partial charge on any atom is -0.495 e. The summed E-state index contributed by atoms with van der Waals surface area (Å²) in [5.74, 6) is -0.675. The molecule has 3 heterocycles. The van der Waals surface area contributed by atoms with Gasteiger partial charge in [-0.05, 0) is 42.7 Å². The van der Waals surface area contributed by atoms with E-state index in [1.54, 1.807) is 24.3 Å². The van der Waals surface area contributed by atoms with Gasteiger partial charge in [-0.1, -0.05) is 18.9 Å². The van der Waals surface area contributed by atoms with Crippen molar-refractivity contribution in [3.05, 3.63) is 53.3 Å². The van der Waals surface area contributed by atoms with Crippen LogP contribution in [0.5, 0.6) is 5.75 Å². The molecule has 0 atom stereocenters. The Balaban J connectivity index is 1.65. The maximum atomic E-state index is 13.3. The van der Waals surface area contributed by atoms with Crippen LogP contribution in [-0.4, -0.2) is 54.6 Å². The first kappa shape index (κ1) is 20.5. The first-order chi connectivity index (χ1) is 14.4. The third-order valence-electron chi connectivity index (χ3n) is 5.48. The minimum absolute atomic E-state index is 0.0411. The zero-order valence-electron chi connectivity index (χ0n) is 16.7. The summed E-state index contributed by atoms with van der Waals surface area (Å²) in [7, 11) is -2.33. The van der Waals surface area contributed by atoms with E-state index in [0.717, 1.165) is 30.6 Å². The molecule has 2 aromatic rings. The van der Waals surface area contributed by atoms with E-state index in [0.29, 0.717) is 18.7 Å². The number of carbonyl (C=O) groups is 2. The van der Waals surface area contributed by atoms with Crippen molar-refractivity contribution in [1.82, 2.24) is 14.2 Å². The number of nitrogens with zero attached hydrogens (tertiary/aromatic N) is 3. The molecule has 2 amide bonds. The molecule has 0 bridgehead atoms. The Labute approximate surface area is 175 Å². The molecule has 9 heteroatoms. The monoisotopic (exact) mass is 429 g/mol. The van der Waals surface area contributed by atoms with Crippen LogP contribution in [-0.2, 0) is 16.6 Å². The average Bonchev–Trinajstić information content (AvgIpc) is 2.95. The molecule has 0 radical (unpaired) electrons. The molecule has 30 heavy (non-hydrogen) atoms. The van der Waals surface area contributed by atoms with E-state index in [1.165, 1.54) is 23.7 Å². The molecule has 0 spiro atoms. The van der Waals surface area contributed by atoms with Crippen LogP contribution in [0.25, 0.3) is 0 Å². The van der Waals surface area contributed by atoms with Crippen molar-refractivity contribution in [3.8, 4) is 5.75 Å². The molecular weight excluding hydrogens is 406 g/mol. The summed E-state index contributed by atoms with van der Waals surface area (Å²) in [6.45, 7) is 0.903. The smallest absolute Gasteiger partial charge is 0.280 e. The normalized spacial score (nSPS) is 17.7. The fraction of sp³-hybridized carbons (Fsp3) is 0.381. The van der Waals surface area contributed by atoms with Crippen molar-refractivity contribution in [2.75, 3.05) is 20.2 Å². The molecule has 1 aromatic carbocycles. The Morgan fingerprint density at radius 3 is 2.43 bits per heavy atom. The predicted molar refractivity (Wildman–Crippen MR) is 109 cm³/mol. The van der Waals surface area contributed by atoms with Crippen LogP contribution >= 0.6 is 0 Å². The number of aromatic nitrogens is 1.